The van der Waals surface area contributed by atoms with Crippen molar-refractivity contribution in [2.75, 3.05) is 0 Å². The van der Waals surface area contributed by atoms with Crippen molar-refractivity contribution in [1.29, 1.82) is 0 Å². The Bertz CT molecular complexity index is 518. The van der Waals surface area contributed by atoms with Crippen molar-refractivity contribution in [3.05, 3.63) is 39.9 Å². The maximum Gasteiger partial charge on any atom is 0.328 e. The van der Waals surface area contributed by atoms with Gasteiger partial charge in [0.25, 0.3) is 0 Å². The lowest BCUT2D eigenvalue weighted by atomic mass is 10.1. The van der Waals surface area contributed by atoms with Gasteiger partial charge in [0, 0.05) is 16.1 Å². The fraction of sp³-hybridized carbons (Fsp3) is 0.231. The van der Waals surface area contributed by atoms with E-state index in [1.807, 2.05) is 0 Å². The predicted molar refractivity (Wildman–Crippen MR) is 75.4 cm³/mol. The molecule has 0 fully saturated rings. The van der Waals surface area contributed by atoms with Crippen LogP contribution in [0.15, 0.2) is 24.3 Å². The second-order valence-corrected chi connectivity index (χ2v) is 5.33. The Hall–Kier alpha value is -1.52. The van der Waals surface area contributed by atoms with Crippen LogP contribution in [-0.2, 0) is 9.59 Å². The molecule has 0 aliphatic heterocycles. The van der Waals surface area contributed by atoms with Gasteiger partial charge in [-0.05, 0) is 43.7 Å². The van der Waals surface area contributed by atoms with Gasteiger partial charge in [0.1, 0.15) is 5.54 Å². The minimum Gasteiger partial charge on any atom is -0.480 e. The van der Waals surface area contributed by atoms with E-state index in [0.717, 1.165) is 0 Å². The number of rotatable bonds is 4. The van der Waals surface area contributed by atoms with Gasteiger partial charge in [-0.15, -0.1) is 0 Å². The molecule has 1 rings (SSSR count). The second kappa shape index (κ2) is 6.08. The number of carboxylic acid groups (broad SMARTS) is 1. The van der Waals surface area contributed by atoms with Crippen LogP contribution < -0.4 is 5.32 Å². The smallest absolute Gasteiger partial charge is 0.328 e. The molecule has 0 aliphatic carbocycles. The second-order valence-electron chi connectivity index (χ2n) is 4.46. The molecule has 6 heteroatoms. The Kier molecular flexibility index (Phi) is 4.97. The molecule has 1 amide bonds. The quantitative estimate of drug-likeness (QED) is 0.840. The van der Waals surface area contributed by atoms with Crippen LogP contribution in [0.2, 0.25) is 10.0 Å². The number of halogens is 2. The van der Waals surface area contributed by atoms with Gasteiger partial charge in [-0.1, -0.05) is 23.2 Å². The Labute approximate surface area is 121 Å². The lowest BCUT2D eigenvalue weighted by Crippen LogP contribution is -2.49. The molecule has 1 aromatic carbocycles. The molecule has 0 saturated carbocycles. The van der Waals surface area contributed by atoms with E-state index in [1.54, 1.807) is 18.2 Å². The fourth-order valence-corrected chi connectivity index (χ4v) is 1.79. The highest BCUT2D eigenvalue weighted by Gasteiger charge is 2.27. The van der Waals surface area contributed by atoms with Crippen molar-refractivity contribution in [3.8, 4) is 0 Å². The molecule has 2 N–H and O–H groups in total. The van der Waals surface area contributed by atoms with Gasteiger partial charge in [-0.25, -0.2) is 4.79 Å². The molecule has 102 valence electrons. The average Bonchev–Trinajstić information content (AvgIpc) is 2.24. The summed E-state index contributed by atoms with van der Waals surface area (Å²) < 4.78 is 0. The molecule has 0 unspecified atom stereocenters. The van der Waals surface area contributed by atoms with Crippen molar-refractivity contribution >= 4 is 41.2 Å². The minimum atomic E-state index is -1.33. The van der Waals surface area contributed by atoms with E-state index in [2.05, 4.69) is 5.32 Å². The number of carbonyl (C=O) groups is 2. The summed E-state index contributed by atoms with van der Waals surface area (Å²) in [6.45, 7) is 2.80. The zero-order valence-corrected chi connectivity index (χ0v) is 11.9. The third-order valence-corrected chi connectivity index (χ3v) is 2.72. The number of benzene rings is 1. The number of amides is 1. The SMILES string of the molecule is CC(C)(NC(=O)C=Cc1cc(Cl)cc(Cl)c1)C(=O)O. The van der Waals surface area contributed by atoms with Crippen LogP contribution in [0.5, 0.6) is 0 Å². The van der Waals surface area contributed by atoms with E-state index in [0.29, 0.717) is 15.6 Å². The molecule has 0 saturated heterocycles. The van der Waals surface area contributed by atoms with Crippen LogP contribution in [0.4, 0.5) is 0 Å². The summed E-state index contributed by atoms with van der Waals surface area (Å²) >= 11 is 11.6. The van der Waals surface area contributed by atoms with Gasteiger partial charge in [-0.3, -0.25) is 4.79 Å². The number of nitrogens with one attached hydrogen (secondary N) is 1. The molecule has 0 spiro atoms. The normalized spacial score (nSPS) is 11.6. The highest BCUT2D eigenvalue weighted by molar-refractivity contribution is 6.34. The van der Waals surface area contributed by atoms with Gasteiger partial charge in [0.15, 0.2) is 0 Å². The summed E-state index contributed by atoms with van der Waals surface area (Å²) in [6, 6.07) is 4.85. The van der Waals surface area contributed by atoms with Gasteiger partial charge >= 0.3 is 5.97 Å². The molecule has 0 bridgehead atoms. The number of carbonyl (C=O) groups excluding carboxylic acids is 1. The largest absolute Gasteiger partial charge is 0.480 e. The Morgan fingerprint density at radius 2 is 1.74 bits per heavy atom. The van der Waals surface area contributed by atoms with Crippen molar-refractivity contribution in [2.45, 2.75) is 19.4 Å². The van der Waals surface area contributed by atoms with E-state index in [9.17, 15) is 9.59 Å². The maximum absolute atomic E-state index is 11.6. The standard InChI is InChI=1S/C13H13Cl2NO3/c1-13(2,12(18)19)16-11(17)4-3-8-5-9(14)7-10(15)6-8/h3-7H,1-2H3,(H,16,17)(H,18,19). The molecule has 0 heterocycles. The van der Waals surface area contributed by atoms with Crippen LogP contribution in [0, 0.1) is 0 Å². The van der Waals surface area contributed by atoms with Gasteiger partial charge in [0.2, 0.25) is 5.91 Å². The Morgan fingerprint density at radius 1 is 1.21 bits per heavy atom. The number of hydrogen-bond donors (Lipinski definition) is 2. The highest BCUT2D eigenvalue weighted by Crippen LogP contribution is 2.19. The first kappa shape index (κ1) is 15.5. The molecule has 0 radical (unpaired) electrons. The third kappa shape index (κ3) is 4.93. The van der Waals surface area contributed by atoms with E-state index in [-0.39, 0.29) is 0 Å². The molecule has 19 heavy (non-hydrogen) atoms. The van der Waals surface area contributed by atoms with Crippen molar-refractivity contribution < 1.29 is 14.7 Å². The number of carboxylic acids is 1. The summed E-state index contributed by atoms with van der Waals surface area (Å²) in [6.07, 6.45) is 2.73. The van der Waals surface area contributed by atoms with Gasteiger partial charge < -0.3 is 10.4 Å². The van der Waals surface area contributed by atoms with Crippen LogP contribution in [0.1, 0.15) is 19.4 Å². The van der Waals surface area contributed by atoms with Crippen LogP contribution >= 0.6 is 23.2 Å². The van der Waals surface area contributed by atoms with E-state index in [4.69, 9.17) is 28.3 Å². The third-order valence-electron chi connectivity index (χ3n) is 2.28. The maximum atomic E-state index is 11.6. The zero-order valence-electron chi connectivity index (χ0n) is 10.4. The van der Waals surface area contributed by atoms with E-state index >= 15 is 0 Å². The molecule has 0 aliphatic rings. The molecule has 4 nitrogen and oxygen atoms in total. The lowest BCUT2D eigenvalue weighted by Gasteiger charge is -2.19. The van der Waals surface area contributed by atoms with Crippen LogP contribution in [0.3, 0.4) is 0 Å². The van der Waals surface area contributed by atoms with Gasteiger partial charge in [0.05, 0.1) is 0 Å². The average molecular weight is 302 g/mol. The zero-order chi connectivity index (χ0) is 14.6. The van der Waals surface area contributed by atoms with Crippen LogP contribution in [0.25, 0.3) is 6.08 Å². The highest BCUT2D eigenvalue weighted by atomic mass is 35.5. The summed E-state index contributed by atoms with van der Waals surface area (Å²) in [5, 5.41) is 12.2. The lowest BCUT2D eigenvalue weighted by molar-refractivity contribution is -0.145. The summed E-state index contributed by atoms with van der Waals surface area (Å²) in [4.78, 5) is 22.4. The fourth-order valence-electron chi connectivity index (χ4n) is 1.25. The minimum absolute atomic E-state index is 0.457. The summed E-state index contributed by atoms with van der Waals surface area (Å²) in [5.41, 5.74) is -0.672. The first-order chi connectivity index (χ1) is 8.70. The predicted octanol–water partition coefficient (Wildman–Crippen LogP) is 2.99. The van der Waals surface area contributed by atoms with Crippen molar-refractivity contribution in [1.82, 2.24) is 5.32 Å². The molecule has 0 aromatic heterocycles. The first-order valence-electron chi connectivity index (χ1n) is 5.40. The number of hydrogen-bond acceptors (Lipinski definition) is 2. The van der Waals surface area contributed by atoms with Gasteiger partial charge in [-0.2, -0.15) is 0 Å². The summed E-state index contributed by atoms with van der Waals surface area (Å²) in [7, 11) is 0. The van der Waals surface area contributed by atoms with Crippen LogP contribution in [-0.4, -0.2) is 22.5 Å². The van der Waals surface area contributed by atoms with Crippen molar-refractivity contribution in [3.63, 3.8) is 0 Å². The van der Waals surface area contributed by atoms with E-state index in [1.165, 1.54) is 26.0 Å². The Morgan fingerprint density at radius 3 is 2.21 bits per heavy atom. The molecular weight excluding hydrogens is 289 g/mol. The summed E-state index contributed by atoms with van der Waals surface area (Å²) in [5.74, 6) is -1.62. The monoisotopic (exact) mass is 301 g/mol. The Balaban J connectivity index is 2.76. The molecular formula is C13H13Cl2NO3. The van der Waals surface area contributed by atoms with E-state index < -0.39 is 17.4 Å². The first-order valence-corrected chi connectivity index (χ1v) is 6.16. The topological polar surface area (TPSA) is 66.4 Å². The number of aliphatic carboxylic acids is 1. The molecule has 1 aromatic rings. The van der Waals surface area contributed by atoms with Crippen molar-refractivity contribution in [2.24, 2.45) is 0 Å². The molecule has 0 atom stereocenters.